The highest BCUT2D eigenvalue weighted by atomic mass is 16.5. The summed E-state index contributed by atoms with van der Waals surface area (Å²) >= 11 is 0. The second kappa shape index (κ2) is 6.87. The molecule has 1 fully saturated rings. The van der Waals surface area contributed by atoms with E-state index in [-0.39, 0.29) is 11.5 Å². The van der Waals surface area contributed by atoms with Gasteiger partial charge in [0.25, 0.3) is 5.91 Å². The molecule has 1 saturated heterocycles. The summed E-state index contributed by atoms with van der Waals surface area (Å²) in [5.41, 5.74) is 2.65. The second-order valence-electron chi connectivity index (χ2n) is 7.52. The van der Waals surface area contributed by atoms with Gasteiger partial charge in [-0.3, -0.25) is 9.78 Å². The van der Waals surface area contributed by atoms with Gasteiger partial charge in [0.1, 0.15) is 12.4 Å². The van der Waals surface area contributed by atoms with Crippen LogP contribution in [0.4, 0.5) is 0 Å². The van der Waals surface area contributed by atoms with Crippen LogP contribution in [0.5, 0.6) is 0 Å². The molecule has 5 rings (SSSR count). The number of carbonyl (C=O) groups is 1. The average Bonchev–Trinajstić information content (AvgIpc) is 3.18. The van der Waals surface area contributed by atoms with Gasteiger partial charge < -0.3 is 14.2 Å². The largest absolute Gasteiger partial charge is 0.365 e. The van der Waals surface area contributed by atoms with E-state index < -0.39 is 0 Å². The zero-order valence-corrected chi connectivity index (χ0v) is 15.6. The Morgan fingerprint density at radius 1 is 1.04 bits per heavy atom. The van der Waals surface area contributed by atoms with Crippen molar-refractivity contribution in [3.05, 3.63) is 72.4 Å². The lowest BCUT2D eigenvalue weighted by atomic mass is 9.89. The zero-order valence-electron chi connectivity index (χ0n) is 15.6. The molecule has 2 aromatic heterocycles. The quantitative estimate of drug-likeness (QED) is 0.691. The number of piperidine rings is 1. The molecule has 2 aliphatic heterocycles. The Labute approximate surface area is 163 Å². The van der Waals surface area contributed by atoms with E-state index in [4.69, 9.17) is 4.74 Å². The van der Waals surface area contributed by atoms with Crippen LogP contribution in [0.15, 0.2) is 61.1 Å². The number of imidazole rings is 1. The lowest BCUT2D eigenvalue weighted by Crippen LogP contribution is -2.52. The Morgan fingerprint density at radius 3 is 2.61 bits per heavy atom. The van der Waals surface area contributed by atoms with E-state index in [1.165, 1.54) is 0 Å². The number of fused-ring (bicyclic) bond motifs is 1. The summed E-state index contributed by atoms with van der Waals surface area (Å²) in [5.74, 6) is 1.05. The van der Waals surface area contributed by atoms with Crippen LogP contribution < -0.4 is 0 Å². The van der Waals surface area contributed by atoms with Crippen LogP contribution in [0.2, 0.25) is 0 Å². The Hall–Kier alpha value is -2.99. The Balaban J connectivity index is 1.33. The van der Waals surface area contributed by atoms with Crippen molar-refractivity contribution in [2.45, 2.75) is 31.6 Å². The van der Waals surface area contributed by atoms with Gasteiger partial charge in [0.2, 0.25) is 0 Å². The maximum atomic E-state index is 12.7. The zero-order chi connectivity index (χ0) is 19.0. The third-order valence-corrected chi connectivity index (χ3v) is 5.83. The molecule has 1 amide bonds. The number of hydrogen-bond acceptors (Lipinski definition) is 4. The maximum absolute atomic E-state index is 12.7. The standard InChI is InChI=1S/C22H22N4O2/c27-21(17-5-2-1-3-6-17)25-11-8-22(9-12-25)16-26-19(14-24-20(26)15-28-22)18-7-4-10-23-13-18/h1-7,10,13-14H,8-9,11-12,15-16H2. The molecule has 0 bridgehead atoms. The van der Waals surface area contributed by atoms with E-state index >= 15 is 0 Å². The third kappa shape index (κ3) is 2.99. The number of hydrogen-bond donors (Lipinski definition) is 0. The van der Waals surface area contributed by atoms with E-state index in [1.807, 2.05) is 53.7 Å². The summed E-state index contributed by atoms with van der Waals surface area (Å²) < 4.78 is 8.54. The summed E-state index contributed by atoms with van der Waals surface area (Å²) in [6.07, 6.45) is 7.21. The number of likely N-dealkylation sites (tertiary alicyclic amines) is 1. The molecule has 0 aliphatic carbocycles. The molecular weight excluding hydrogens is 352 g/mol. The van der Waals surface area contributed by atoms with Gasteiger partial charge >= 0.3 is 0 Å². The number of ether oxygens (including phenoxy) is 1. The van der Waals surface area contributed by atoms with Crippen LogP contribution >= 0.6 is 0 Å². The number of carbonyl (C=O) groups excluding carboxylic acids is 1. The van der Waals surface area contributed by atoms with Crippen molar-refractivity contribution in [1.82, 2.24) is 19.4 Å². The molecule has 0 N–H and O–H groups in total. The molecule has 0 radical (unpaired) electrons. The van der Waals surface area contributed by atoms with Crippen molar-refractivity contribution in [2.24, 2.45) is 0 Å². The average molecular weight is 374 g/mol. The highest BCUT2D eigenvalue weighted by molar-refractivity contribution is 5.94. The summed E-state index contributed by atoms with van der Waals surface area (Å²) in [6, 6.07) is 13.5. The molecule has 0 unspecified atom stereocenters. The van der Waals surface area contributed by atoms with E-state index in [9.17, 15) is 4.79 Å². The lowest BCUT2D eigenvalue weighted by molar-refractivity contribution is -0.117. The van der Waals surface area contributed by atoms with Crippen molar-refractivity contribution in [3.63, 3.8) is 0 Å². The maximum Gasteiger partial charge on any atom is 0.253 e. The highest BCUT2D eigenvalue weighted by Gasteiger charge is 2.41. The first-order valence-corrected chi connectivity index (χ1v) is 9.67. The molecule has 1 spiro atoms. The number of rotatable bonds is 2. The smallest absolute Gasteiger partial charge is 0.253 e. The van der Waals surface area contributed by atoms with Gasteiger partial charge in [-0.1, -0.05) is 18.2 Å². The summed E-state index contributed by atoms with van der Waals surface area (Å²) in [7, 11) is 0. The van der Waals surface area contributed by atoms with Crippen molar-refractivity contribution < 1.29 is 9.53 Å². The predicted molar refractivity (Wildman–Crippen MR) is 105 cm³/mol. The molecular formula is C22H22N4O2. The highest BCUT2D eigenvalue weighted by Crippen LogP contribution is 2.35. The molecule has 4 heterocycles. The van der Waals surface area contributed by atoms with E-state index in [0.717, 1.165) is 42.0 Å². The number of benzene rings is 1. The second-order valence-corrected chi connectivity index (χ2v) is 7.52. The molecule has 28 heavy (non-hydrogen) atoms. The van der Waals surface area contributed by atoms with E-state index in [0.29, 0.717) is 19.7 Å². The first kappa shape index (κ1) is 17.1. The van der Waals surface area contributed by atoms with Gasteiger partial charge in [-0.05, 0) is 37.1 Å². The first-order valence-electron chi connectivity index (χ1n) is 9.67. The Morgan fingerprint density at radius 2 is 1.86 bits per heavy atom. The third-order valence-electron chi connectivity index (χ3n) is 5.83. The molecule has 1 aromatic carbocycles. The van der Waals surface area contributed by atoms with Crippen LogP contribution in [0.3, 0.4) is 0 Å². The molecule has 0 atom stereocenters. The van der Waals surface area contributed by atoms with Crippen molar-refractivity contribution in [3.8, 4) is 11.3 Å². The van der Waals surface area contributed by atoms with E-state index in [1.54, 1.807) is 6.20 Å². The minimum absolute atomic E-state index is 0.102. The van der Waals surface area contributed by atoms with Crippen LogP contribution in [0.1, 0.15) is 29.0 Å². The summed E-state index contributed by atoms with van der Waals surface area (Å²) in [6.45, 7) is 2.69. The molecule has 3 aromatic rings. The van der Waals surface area contributed by atoms with Gasteiger partial charge in [-0.25, -0.2) is 4.98 Å². The molecule has 6 nitrogen and oxygen atoms in total. The normalized spacial score (nSPS) is 18.1. The monoisotopic (exact) mass is 374 g/mol. The molecule has 6 heteroatoms. The van der Waals surface area contributed by atoms with Crippen LogP contribution in [-0.2, 0) is 17.9 Å². The lowest BCUT2D eigenvalue weighted by Gasteiger charge is -2.44. The molecule has 0 saturated carbocycles. The van der Waals surface area contributed by atoms with Crippen LogP contribution in [-0.4, -0.2) is 44.0 Å². The number of aromatic nitrogens is 3. The molecule has 142 valence electrons. The van der Waals surface area contributed by atoms with Gasteiger partial charge in [0.05, 0.1) is 24.0 Å². The summed E-state index contributed by atoms with van der Waals surface area (Å²) in [4.78, 5) is 23.4. The fourth-order valence-corrected chi connectivity index (χ4v) is 4.18. The number of amides is 1. The van der Waals surface area contributed by atoms with Crippen LogP contribution in [0, 0.1) is 0 Å². The number of pyridine rings is 1. The summed E-state index contributed by atoms with van der Waals surface area (Å²) in [5, 5.41) is 0. The number of nitrogens with zero attached hydrogens (tertiary/aromatic N) is 4. The van der Waals surface area contributed by atoms with Gasteiger partial charge in [-0.2, -0.15) is 0 Å². The minimum Gasteiger partial charge on any atom is -0.365 e. The Bertz CT molecular complexity index is 976. The van der Waals surface area contributed by atoms with E-state index in [2.05, 4.69) is 20.6 Å². The van der Waals surface area contributed by atoms with Crippen molar-refractivity contribution >= 4 is 5.91 Å². The van der Waals surface area contributed by atoms with Crippen molar-refractivity contribution in [2.75, 3.05) is 13.1 Å². The van der Waals surface area contributed by atoms with Crippen LogP contribution in [0.25, 0.3) is 11.3 Å². The van der Waals surface area contributed by atoms with Gasteiger partial charge in [0, 0.05) is 36.6 Å². The molecule has 2 aliphatic rings. The van der Waals surface area contributed by atoms with Crippen molar-refractivity contribution in [1.29, 1.82) is 0 Å². The fraction of sp³-hybridized carbons (Fsp3) is 0.318. The van der Waals surface area contributed by atoms with Gasteiger partial charge in [-0.15, -0.1) is 0 Å². The Kier molecular flexibility index (Phi) is 4.20. The topological polar surface area (TPSA) is 60.2 Å². The van der Waals surface area contributed by atoms with Gasteiger partial charge in [0.15, 0.2) is 0 Å². The first-order chi connectivity index (χ1) is 13.7. The minimum atomic E-state index is -0.238. The fourth-order valence-electron chi connectivity index (χ4n) is 4.18. The predicted octanol–water partition coefficient (Wildman–Crippen LogP) is 3.15. The SMILES string of the molecule is O=C(c1ccccc1)N1CCC2(CC1)Cn1c(-c3cccnc3)cnc1CO2.